The van der Waals surface area contributed by atoms with Crippen LogP contribution in [0.25, 0.3) is 0 Å². The minimum atomic E-state index is -0.807. The van der Waals surface area contributed by atoms with Gasteiger partial charge in [0.1, 0.15) is 5.92 Å². The summed E-state index contributed by atoms with van der Waals surface area (Å²) in [6, 6.07) is 5.17. The van der Waals surface area contributed by atoms with Crippen molar-refractivity contribution in [2.45, 2.75) is 65.2 Å². The van der Waals surface area contributed by atoms with Crippen molar-refractivity contribution in [3.05, 3.63) is 61.2 Å². The molecule has 36 heavy (non-hydrogen) atoms. The zero-order chi connectivity index (χ0) is 26.2. The summed E-state index contributed by atoms with van der Waals surface area (Å²) in [7, 11) is 1.31. The number of methoxy groups -OCH3 is 1. The largest absolute Gasteiger partial charge is 0.468 e. The van der Waals surface area contributed by atoms with Gasteiger partial charge in [0.2, 0.25) is 0 Å². The Kier molecular flexibility index (Phi) is 10.5. The molecule has 0 fully saturated rings. The number of esters is 2. The second-order valence-corrected chi connectivity index (χ2v) is 10.6. The maximum atomic E-state index is 13.3. The summed E-state index contributed by atoms with van der Waals surface area (Å²) >= 11 is 14.5. The monoisotopic (exact) mass is 550 g/mol. The number of ether oxygens (including phenoxy) is 2. The topological polar surface area (TPSA) is 77.8 Å². The molecule has 2 atom stereocenters. The number of thiazole rings is 1. The van der Waals surface area contributed by atoms with E-state index in [1.807, 2.05) is 6.92 Å². The van der Waals surface area contributed by atoms with Crippen molar-refractivity contribution in [2.75, 3.05) is 13.7 Å². The number of nitrogens with zero attached hydrogens (tertiary/aromatic N) is 2. The average Bonchev–Trinajstić information content (AvgIpc) is 3.26. The summed E-state index contributed by atoms with van der Waals surface area (Å²) < 4.78 is 10.7. The Morgan fingerprint density at radius 2 is 1.78 bits per heavy atom. The Morgan fingerprint density at radius 3 is 2.47 bits per heavy atom. The standard InChI is InChI=1S/C27H32Cl2N2O4S/c1-16-15-36-21(30-16)13-8-6-5-7-9-14-35-27(33)23-18(3)31-17(2)22(26(32)34-4)24(23)19-11-10-12-20(28)25(19)29/h10-12,15,22,24H,5-9,13-14H2,1-4H3. The van der Waals surface area contributed by atoms with Crippen molar-refractivity contribution in [1.29, 1.82) is 0 Å². The van der Waals surface area contributed by atoms with E-state index in [1.165, 1.54) is 12.1 Å². The van der Waals surface area contributed by atoms with Crippen LogP contribution >= 0.6 is 34.5 Å². The number of rotatable bonds is 11. The van der Waals surface area contributed by atoms with Gasteiger partial charge < -0.3 is 9.47 Å². The number of aliphatic imine (C=N–C) groups is 1. The van der Waals surface area contributed by atoms with Gasteiger partial charge in [0, 0.05) is 28.4 Å². The van der Waals surface area contributed by atoms with Gasteiger partial charge in [0.05, 0.1) is 34.3 Å². The number of halogens is 2. The Hall–Kier alpha value is -2.22. The van der Waals surface area contributed by atoms with Crippen LogP contribution in [0.5, 0.6) is 0 Å². The summed E-state index contributed by atoms with van der Waals surface area (Å²) in [5, 5.41) is 3.90. The second-order valence-electron chi connectivity index (χ2n) is 8.91. The summed E-state index contributed by atoms with van der Waals surface area (Å²) in [5.41, 5.74) is 2.99. The third kappa shape index (κ3) is 6.96. The van der Waals surface area contributed by atoms with E-state index in [9.17, 15) is 9.59 Å². The highest BCUT2D eigenvalue weighted by Gasteiger charge is 2.43. The lowest BCUT2D eigenvalue weighted by Crippen LogP contribution is -2.36. The molecule has 1 aromatic carbocycles. The first-order valence-corrected chi connectivity index (χ1v) is 13.7. The second kappa shape index (κ2) is 13.4. The molecule has 3 rings (SSSR count). The van der Waals surface area contributed by atoms with Crippen LogP contribution in [0.3, 0.4) is 0 Å². The SMILES string of the molecule is COC(=O)C1C(C)=NC(C)=C(C(=O)OCCCCCCCc2nc(C)cs2)C1c1cccc(Cl)c1Cl. The van der Waals surface area contributed by atoms with Crippen LogP contribution in [0.2, 0.25) is 10.0 Å². The molecule has 0 radical (unpaired) electrons. The molecule has 0 saturated heterocycles. The van der Waals surface area contributed by atoms with Gasteiger partial charge in [-0.25, -0.2) is 9.78 Å². The number of aromatic nitrogens is 1. The van der Waals surface area contributed by atoms with Crippen LogP contribution in [0.1, 0.15) is 68.1 Å². The van der Waals surface area contributed by atoms with Crippen LogP contribution in [0, 0.1) is 12.8 Å². The molecule has 1 aliphatic heterocycles. The number of carbonyl (C=O) groups is 2. The van der Waals surface area contributed by atoms with E-state index < -0.39 is 23.8 Å². The molecule has 1 aromatic heterocycles. The van der Waals surface area contributed by atoms with Crippen LogP contribution in [-0.4, -0.2) is 36.4 Å². The molecule has 194 valence electrons. The van der Waals surface area contributed by atoms with E-state index in [-0.39, 0.29) is 0 Å². The summed E-state index contributed by atoms with van der Waals surface area (Å²) in [6.45, 7) is 5.79. The first kappa shape index (κ1) is 28.4. The molecule has 0 saturated carbocycles. The van der Waals surface area contributed by atoms with E-state index in [2.05, 4.69) is 15.4 Å². The molecule has 0 amide bonds. The lowest BCUT2D eigenvalue weighted by Gasteiger charge is -2.32. The summed E-state index contributed by atoms with van der Waals surface area (Å²) in [5.74, 6) is -2.51. The van der Waals surface area contributed by atoms with E-state index in [4.69, 9.17) is 32.7 Å². The predicted octanol–water partition coefficient (Wildman–Crippen LogP) is 7.12. The highest BCUT2D eigenvalue weighted by Crippen LogP contribution is 2.44. The van der Waals surface area contributed by atoms with Gasteiger partial charge in [-0.3, -0.25) is 9.79 Å². The fourth-order valence-corrected chi connectivity index (χ4v) is 5.74. The third-order valence-electron chi connectivity index (χ3n) is 6.25. The maximum absolute atomic E-state index is 13.3. The maximum Gasteiger partial charge on any atom is 0.336 e. The van der Waals surface area contributed by atoms with Crippen molar-refractivity contribution in [1.82, 2.24) is 4.98 Å². The van der Waals surface area contributed by atoms with Crippen molar-refractivity contribution in [3.63, 3.8) is 0 Å². The van der Waals surface area contributed by atoms with Crippen LogP contribution in [0.4, 0.5) is 0 Å². The summed E-state index contributed by atoms with van der Waals surface area (Å²) in [6.07, 6.45) is 6.02. The molecule has 0 aliphatic carbocycles. The van der Waals surface area contributed by atoms with Crippen LogP contribution in [-0.2, 0) is 25.5 Å². The summed E-state index contributed by atoms with van der Waals surface area (Å²) in [4.78, 5) is 35.0. The highest BCUT2D eigenvalue weighted by atomic mass is 35.5. The molecule has 2 aromatic rings. The zero-order valence-corrected chi connectivity index (χ0v) is 23.4. The van der Waals surface area contributed by atoms with Gasteiger partial charge in [-0.1, -0.05) is 54.6 Å². The lowest BCUT2D eigenvalue weighted by molar-refractivity contribution is -0.144. The molecule has 6 nitrogen and oxygen atoms in total. The third-order valence-corrected chi connectivity index (χ3v) is 8.11. The fourth-order valence-electron chi connectivity index (χ4n) is 4.50. The van der Waals surface area contributed by atoms with Gasteiger partial charge in [-0.05, 0) is 51.7 Å². The van der Waals surface area contributed by atoms with Crippen molar-refractivity contribution < 1.29 is 19.1 Å². The molecule has 0 N–H and O–H groups in total. The number of allylic oxidation sites excluding steroid dienone is 1. The number of hydrogen-bond acceptors (Lipinski definition) is 7. The van der Waals surface area contributed by atoms with Crippen LogP contribution in [0.15, 0.2) is 39.8 Å². The van der Waals surface area contributed by atoms with Gasteiger partial charge in [0.15, 0.2) is 0 Å². The van der Waals surface area contributed by atoms with E-state index >= 15 is 0 Å². The zero-order valence-electron chi connectivity index (χ0n) is 21.1. The average molecular weight is 552 g/mol. The number of aryl methyl sites for hydroxylation is 2. The fraction of sp³-hybridized carbons (Fsp3) is 0.481. The Morgan fingerprint density at radius 1 is 1.06 bits per heavy atom. The Labute approximate surface area is 226 Å². The van der Waals surface area contributed by atoms with E-state index in [1.54, 1.807) is 43.4 Å². The van der Waals surface area contributed by atoms with E-state index in [0.717, 1.165) is 44.2 Å². The number of unbranched alkanes of at least 4 members (excludes halogenated alkanes) is 4. The molecule has 1 aliphatic rings. The lowest BCUT2D eigenvalue weighted by atomic mass is 9.75. The molecule has 2 heterocycles. The van der Waals surface area contributed by atoms with Crippen molar-refractivity contribution >= 4 is 52.2 Å². The first-order chi connectivity index (χ1) is 17.2. The predicted molar refractivity (Wildman–Crippen MR) is 145 cm³/mol. The first-order valence-electron chi connectivity index (χ1n) is 12.1. The van der Waals surface area contributed by atoms with Crippen molar-refractivity contribution in [2.24, 2.45) is 10.9 Å². The Bertz CT molecular complexity index is 1160. The minimum Gasteiger partial charge on any atom is -0.468 e. The van der Waals surface area contributed by atoms with Gasteiger partial charge in [0.25, 0.3) is 0 Å². The molecule has 9 heteroatoms. The van der Waals surface area contributed by atoms with Crippen molar-refractivity contribution in [3.8, 4) is 0 Å². The van der Waals surface area contributed by atoms with E-state index in [0.29, 0.717) is 39.2 Å². The minimum absolute atomic E-state index is 0.291. The Balaban J connectivity index is 1.62. The molecule has 0 spiro atoms. The van der Waals surface area contributed by atoms with Crippen LogP contribution < -0.4 is 0 Å². The molecular weight excluding hydrogens is 519 g/mol. The van der Waals surface area contributed by atoms with Gasteiger partial charge in [-0.2, -0.15) is 0 Å². The quantitative estimate of drug-likeness (QED) is 0.220. The highest BCUT2D eigenvalue weighted by molar-refractivity contribution is 7.09. The molecule has 0 bridgehead atoms. The number of hydrogen-bond donors (Lipinski definition) is 0. The van der Waals surface area contributed by atoms with Gasteiger partial charge in [-0.15, -0.1) is 11.3 Å². The molecular formula is C27H32Cl2N2O4S. The molecule has 2 unspecified atom stereocenters. The number of carbonyl (C=O) groups excluding carboxylic acids is 2. The number of benzene rings is 1. The normalized spacial score (nSPS) is 17.7. The smallest absolute Gasteiger partial charge is 0.336 e. The van der Waals surface area contributed by atoms with Gasteiger partial charge >= 0.3 is 11.9 Å².